The van der Waals surface area contributed by atoms with E-state index in [9.17, 15) is 27.6 Å². The maximum Gasteiger partial charge on any atom is 0.295 e. The second kappa shape index (κ2) is 7.39. The standard InChI is InChI=1S/C20H15ClF3NO3/c1-9(2)18(26)15-17(10-6-7-12(22)13(23)8-10)25(20(28)19(15)27)14-5-3-4-11(21)16(14)24/h3-9,15,17H,1-2H3. The van der Waals surface area contributed by atoms with Gasteiger partial charge < -0.3 is 0 Å². The molecule has 2 aromatic carbocycles. The number of Topliss-reactive ketones (excluding diaryl/α,β-unsaturated/α-hetero) is 2. The number of hydrogen-bond donors (Lipinski definition) is 0. The largest absolute Gasteiger partial charge is 0.298 e. The van der Waals surface area contributed by atoms with E-state index in [4.69, 9.17) is 11.6 Å². The van der Waals surface area contributed by atoms with Crippen LogP contribution in [0, 0.1) is 29.3 Å². The van der Waals surface area contributed by atoms with Gasteiger partial charge in [0, 0.05) is 5.92 Å². The highest BCUT2D eigenvalue weighted by atomic mass is 35.5. The molecule has 0 saturated carbocycles. The van der Waals surface area contributed by atoms with Crippen LogP contribution in [0.1, 0.15) is 25.5 Å². The van der Waals surface area contributed by atoms with Crippen molar-refractivity contribution < 1.29 is 27.6 Å². The highest BCUT2D eigenvalue weighted by Crippen LogP contribution is 2.43. The van der Waals surface area contributed by atoms with Crippen molar-refractivity contribution in [3.63, 3.8) is 0 Å². The quantitative estimate of drug-likeness (QED) is 0.560. The molecular formula is C20H15ClF3NO3. The molecular weight excluding hydrogens is 395 g/mol. The molecule has 4 nitrogen and oxygen atoms in total. The average molecular weight is 410 g/mol. The number of benzene rings is 2. The van der Waals surface area contributed by atoms with Crippen molar-refractivity contribution in [2.45, 2.75) is 19.9 Å². The van der Waals surface area contributed by atoms with Gasteiger partial charge in [0.15, 0.2) is 17.5 Å². The fourth-order valence-corrected chi connectivity index (χ4v) is 3.46. The van der Waals surface area contributed by atoms with Crippen LogP contribution in [0.3, 0.4) is 0 Å². The second-order valence-corrected chi connectivity index (χ2v) is 7.17. The van der Waals surface area contributed by atoms with Crippen LogP contribution >= 0.6 is 11.6 Å². The van der Waals surface area contributed by atoms with Gasteiger partial charge in [-0.15, -0.1) is 0 Å². The Morgan fingerprint density at radius 3 is 2.36 bits per heavy atom. The van der Waals surface area contributed by atoms with Gasteiger partial charge in [0.2, 0.25) is 5.78 Å². The first-order valence-corrected chi connectivity index (χ1v) is 8.83. The molecule has 0 aliphatic carbocycles. The number of anilines is 1. The molecule has 8 heteroatoms. The summed E-state index contributed by atoms with van der Waals surface area (Å²) in [7, 11) is 0. The molecule has 0 spiro atoms. The molecule has 2 unspecified atom stereocenters. The fraction of sp³-hybridized carbons (Fsp3) is 0.250. The third-order valence-electron chi connectivity index (χ3n) is 4.66. The van der Waals surface area contributed by atoms with Crippen molar-refractivity contribution >= 4 is 34.8 Å². The predicted molar refractivity (Wildman–Crippen MR) is 96.3 cm³/mol. The summed E-state index contributed by atoms with van der Waals surface area (Å²) < 4.78 is 41.9. The maximum absolute atomic E-state index is 14.6. The molecule has 1 amide bonds. The van der Waals surface area contributed by atoms with E-state index in [0.29, 0.717) is 0 Å². The summed E-state index contributed by atoms with van der Waals surface area (Å²) in [5.74, 6) is -8.11. The van der Waals surface area contributed by atoms with Crippen molar-refractivity contribution in [1.29, 1.82) is 0 Å². The molecule has 1 saturated heterocycles. The van der Waals surface area contributed by atoms with Crippen LogP contribution in [-0.4, -0.2) is 17.5 Å². The number of amides is 1. The van der Waals surface area contributed by atoms with Crippen LogP contribution < -0.4 is 4.90 Å². The molecule has 0 N–H and O–H groups in total. The van der Waals surface area contributed by atoms with Crippen LogP contribution in [0.25, 0.3) is 0 Å². The summed E-state index contributed by atoms with van der Waals surface area (Å²) in [6, 6.07) is 5.30. The first kappa shape index (κ1) is 20.1. The molecule has 2 aromatic rings. The van der Waals surface area contributed by atoms with E-state index in [-0.39, 0.29) is 16.3 Å². The average Bonchev–Trinajstić information content (AvgIpc) is 2.90. The molecule has 1 aliphatic rings. The lowest BCUT2D eigenvalue weighted by Crippen LogP contribution is -2.32. The van der Waals surface area contributed by atoms with Crippen molar-refractivity contribution in [2.75, 3.05) is 4.90 Å². The van der Waals surface area contributed by atoms with Crippen LogP contribution in [0.5, 0.6) is 0 Å². The minimum atomic E-state index is -1.48. The number of rotatable bonds is 4. The number of nitrogens with zero attached hydrogens (tertiary/aromatic N) is 1. The van der Waals surface area contributed by atoms with Gasteiger partial charge in [0.05, 0.1) is 16.8 Å². The Morgan fingerprint density at radius 1 is 1.07 bits per heavy atom. The summed E-state index contributed by atoms with van der Waals surface area (Å²) in [6.45, 7) is 3.09. The smallest absolute Gasteiger partial charge is 0.295 e. The Bertz CT molecular complexity index is 993. The molecule has 146 valence electrons. The lowest BCUT2D eigenvalue weighted by molar-refractivity contribution is -0.139. The maximum atomic E-state index is 14.6. The Labute approximate surface area is 163 Å². The van der Waals surface area contributed by atoms with Gasteiger partial charge in [0.25, 0.3) is 5.91 Å². The van der Waals surface area contributed by atoms with Gasteiger partial charge in [-0.05, 0) is 29.8 Å². The van der Waals surface area contributed by atoms with E-state index in [2.05, 4.69) is 0 Å². The van der Waals surface area contributed by atoms with Crippen molar-refractivity contribution in [1.82, 2.24) is 0 Å². The van der Waals surface area contributed by atoms with Crippen molar-refractivity contribution in [2.24, 2.45) is 11.8 Å². The lowest BCUT2D eigenvalue weighted by atomic mass is 9.85. The Hall–Kier alpha value is -2.67. The third-order valence-corrected chi connectivity index (χ3v) is 4.95. The molecule has 1 fully saturated rings. The van der Waals surface area contributed by atoms with E-state index in [1.807, 2.05) is 0 Å². The summed E-state index contributed by atoms with van der Waals surface area (Å²) >= 11 is 5.79. The Morgan fingerprint density at radius 2 is 1.75 bits per heavy atom. The third kappa shape index (κ3) is 3.20. The van der Waals surface area contributed by atoms with E-state index < -0.39 is 52.8 Å². The Kier molecular flexibility index (Phi) is 5.30. The van der Waals surface area contributed by atoms with Gasteiger partial charge in [-0.1, -0.05) is 37.6 Å². The fourth-order valence-electron chi connectivity index (χ4n) is 3.29. The summed E-state index contributed by atoms with van der Waals surface area (Å²) in [5, 5.41) is -0.291. The van der Waals surface area contributed by atoms with Gasteiger partial charge in [-0.2, -0.15) is 0 Å². The van der Waals surface area contributed by atoms with Gasteiger partial charge in [0.1, 0.15) is 11.7 Å². The second-order valence-electron chi connectivity index (χ2n) is 6.77. The predicted octanol–water partition coefficient (Wildman–Crippen LogP) is 4.26. The van der Waals surface area contributed by atoms with Crippen LogP contribution in [0.15, 0.2) is 36.4 Å². The molecule has 1 heterocycles. The van der Waals surface area contributed by atoms with Gasteiger partial charge >= 0.3 is 0 Å². The summed E-state index contributed by atoms with van der Waals surface area (Å²) in [5.41, 5.74) is -0.323. The van der Waals surface area contributed by atoms with Crippen LogP contribution in [0.2, 0.25) is 5.02 Å². The number of carbonyl (C=O) groups is 3. The molecule has 3 rings (SSSR count). The number of carbonyl (C=O) groups excluding carboxylic acids is 3. The summed E-state index contributed by atoms with van der Waals surface area (Å²) in [4.78, 5) is 38.8. The van der Waals surface area contributed by atoms with E-state index >= 15 is 0 Å². The zero-order chi connectivity index (χ0) is 20.7. The van der Waals surface area contributed by atoms with Gasteiger partial charge in [-0.25, -0.2) is 13.2 Å². The van der Waals surface area contributed by atoms with Crippen molar-refractivity contribution in [3.05, 3.63) is 64.4 Å². The summed E-state index contributed by atoms with van der Waals surface area (Å²) in [6.07, 6.45) is 0. The SMILES string of the molecule is CC(C)C(=O)C1C(=O)C(=O)N(c2cccc(Cl)c2F)C1c1ccc(F)c(F)c1. The molecule has 2 atom stereocenters. The zero-order valence-corrected chi connectivity index (χ0v) is 15.6. The van der Waals surface area contributed by atoms with Gasteiger partial charge in [-0.3, -0.25) is 19.3 Å². The zero-order valence-electron chi connectivity index (χ0n) is 14.9. The number of halogens is 4. The highest BCUT2D eigenvalue weighted by Gasteiger charge is 2.53. The van der Waals surface area contributed by atoms with E-state index in [1.165, 1.54) is 18.2 Å². The number of hydrogen-bond acceptors (Lipinski definition) is 3. The van der Waals surface area contributed by atoms with E-state index in [0.717, 1.165) is 23.1 Å². The minimum Gasteiger partial charge on any atom is -0.298 e. The first-order chi connectivity index (χ1) is 13.1. The minimum absolute atomic E-state index is 0.00326. The number of ketones is 2. The first-order valence-electron chi connectivity index (χ1n) is 8.45. The lowest BCUT2D eigenvalue weighted by Gasteiger charge is -2.28. The highest BCUT2D eigenvalue weighted by molar-refractivity contribution is 6.48. The van der Waals surface area contributed by atoms with E-state index in [1.54, 1.807) is 13.8 Å². The molecule has 0 aromatic heterocycles. The molecule has 1 aliphatic heterocycles. The Balaban J connectivity index is 2.25. The van der Waals surface area contributed by atoms with Crippen LogP contribution in [0.4, 0.5) is 18.9 Å². The molecule has 0 bridgehead atoms. The molecule has 28 heavy (non-hydrogen) atoms. The topological polar surface area (TPSA) is 54.5 Å². The van der Waals surface area contributed by atoms with Crippen molar-refractivity contribution in [3.8, 4) is 0 Å². The normalized spacial score (nSPS) is 19.6. The van der Waals surface area contributed by atoms with Crippen LogP contribution in [-0.2, 0) is 14.4 Å². The monoisotopic (exact) mass is 409 g/mol. The molecule has 0 radical (unpaired) electrons.